The third-order valence-corrected chi connectivity index (χ3v) is 12.2. The Morgan fingerprint density at radius 1 is 0.839 bits per heavy atom. The summed E-state index contributed by atoms with van der Waals surface area (Å²) in [6.07, 6.45) is 3.21. The van der Waals surface area contributed by atoms with Crippen molar-refractivity contribution in [3.8, 4) is 11.1 Å². The van der Waals surface area contributed by atoms with E-state index in [-0.39, 0.29) is 42.7 Å². The Kier molecular flexibility index (Phi) is 11.0. The summed E-state index contributed by atoms with van der Waals surface area (Å²) in [7, 11) is 0. The molecule has 0 radical (unpaired) electrons. The van der Waals surface area contributed by atoms with Gasteiger partial charge in [0.15, 0.2) is 0 Å². The van der Waals surface area contributed by atoms with Crippen LogP contribution >= 0.6 is 11.6 Å². The van der Waals surface area contributed by atoms with Crippen molar-refractivity contribution in [1.82, 2.24) is 15.1 Å². The van der Waals surface area contributed by atoms with Crippen LogP contribution in [0.25, 0.3) is 11.1 Å². The molecule has 56 heavy (non-hydrogen) atoms. The van der Waals surface area contributed by atoms with Crippen LogP contribution in [0.1, 0.15) is 56.7 Å². The predicted molar refractivity (Wildman–Crippen MR) is 221 cm³/mol. The Labute approximate surface area is 333 Å². The standard InChI is InChI=1S/C44H49ClFN7O3/c1-29-25-41(47-35-9-7-34(45)8-10-35)39-26-32(6-14-42(39)53(29)30(2)54)31-3-11-36(12-4-31)50-18-15-37(16-19-50)51-23-21-49(22-24-51)28-33-5-13-38(27-40(33)46)52-20-17-43(55)48-44(52)56/h3-14,26-27,29,37,41,47H,15-25,28H2,1-2H3,(H,48,55,56). The maximum atomic E-state index is 15.1. The zero-order chi connectivity index (χ0) is 38.9. The van der Waals surface area contributed by atoms with Gasteiger partial charge in [0.2, 0.25) is 11.8 Å². The van der Waals surface area contributed by atoms with E-state index in [0.717, 1.165) is 86.6 Å². The summed E-state index contributed by atoms with van der Waals surface area (Å²) in [6.45, 7) is 10.2. The minimum absolute atomic E-state index is 0.0488. The van der Waals surface area contributed by atoms with Gasteiger partial charge in [0.05, 0.1) is 6.04 Å². The molecule has 2 atom stereocenters. The zero-order valence-electron chi connectivity index (χ0n) is 32.0. The summed E-state index contributed by atoms with van der Waals surface area (Å²) in [6, 6.07) is 28.2. The summed E-state index contributed by atoms with van der Waals surface area (Å²) < 4.78 is 15.1. The molecule has 4 aliphatic rings. The number of anilines is 4. The molecule has 0 bridgehead atoms. The molecular weight excluding hydrogens is 729 g/mol. The second-order valence-corrected chi connectivity index (χ2v) is 16.0. The SMILES string of the molecule is CC(=O)N1c2ccc(-c3ccc(N4CCC(N5CCN(Cc6ccc(N7CCC(=O)NC7=O)cc6F)CC5)CC4)cc3)cc2C(Nc2ccc(Cl)cc2)CC1C. The van der Waals surface area contributed by atoms with E-state index in [2.05, 4.69) is 74.7 Å². The molecule has 4 heterocycles. The van der Waals surface area contributed by atoms with Crippen LogP contribution in [-0.2, 0) is 16.1 Å². The van der Waals surface area contributed by atoms with E-state index in [1.54, 1.807) is 19.1 Å². The Balaban J connectivity index is 0.852. The molecule has 292 valence electrons. The van der Waals surface area contributed by atoms with Gasteiger partial charge in [0.1, 0.15) is 5.82 Å². The average molecular weight is 778 g/mol. The van der Waals surface area contributed by atoms with Crippen molar-refractivity contribution in [3.63, 3.8) is 0 Å². The fraction of sp³-hybridized carbons (Fsp3) is 0.386. The molecule has 0 aromatic heterocycles. The number of urea groups is 1. The van der Waals surface area contributed by atoms with E-state index < -0.39 is 6.03 Å². The fourth-order valence-corrected chi connectivity index (χ4v) is 9.06. The average Bonchev–Trinajstić information content (AvgIpc) is 3.20. The molecule has 4 amide bonds. The number of fused-ring (bicyclic) bond motifs is 1. The van der Waals surface area contributed by atoms with Crippen molar-refractivity contribution in [2.45, 2.75) is 64.2 Å². The third kappa shape index (κ3) is 8.12. The first-order valence-electron chi connectivity index (χ1n) is 19.8. The number of imide groups is 1. The summed E-state index contributed by atoms with van der Waals surface area (Å²) in [5.74, 6) is -0.584. The lowest BCUT2D eigenvalue weighted by molar-refractivity contribution is -0.120. The van der Waals surface area contributed by atoms with Crippen molar-refractivity contribution in [2.75, 3.05) is 65.8 Å². The van der Waals surface area contributed by atoms with Gasteiger partial charge in [-0.15, -0.1) is 0 Å². The highest BCUT2D eigenvalue weighted by Crippen LogP contribution is 2.41. The van der Waals surface area contributed by atoms with Crippen molar-refractivity contribution >= 4 is 52.2 Å². The van der Waals surface area contributed by atoms with E-state index in [1.165, 1.54) is 16.7 Å². The molecule has 8 rings (SSSR count). The molecular formula is C44H49ClFN7O3. The van der Waals surface area contributed by atoms with Gasteiger partial charge in [-0.25, -0.2) is 9.18 Å². The molecule has 0 spiro atoms. The first-order chi connectivity index (χ1) is 27.1. The lowest BCUT2D eigenvalue weighted by atomic mass is 9.89. The normalized spacial score (nSPS) is 21.2. The summed E-state index contributed by atoms with van der Waals surface area (Å²) >= 11 is 6.15. The fourth-order valence-electron chi connectivity index (χ4n) is 8.93. The van der Waals surface area contributed by atoms with Crippen LogP contribution in [0, 0.1) is 5.82 Å². The van der Waals surface area contributed by atoms with E-state index in [4.69, 9.17) is 11.6 Å². The number of benzene rings is 4. The minimum atomic E-state index is -0.507. The van der Waals surface area contributed by atoms with Gasteiger partial charge in [-0.05, 0) is 104 Å². The monoisotopic (exact) mass is 777 g/mol. The number of piperidine rings is 1. The molecule has 3 fully saturated rings. The highest BCUT2D eigenvalue weighted by Gasteiger charge is 2.33. The molecule has 4 aromatic rings. The number of piperazine rings is 1. The molecule has 2 unspecified atom stereocenters. The van der Waals surface area contributed by atoms with Crippen molar-refractivity contribution in [3.05, 3.63) is 107 Å². The van der Waals surface area contributed by atoms with Crippen LogP contribution in [0.4, 0.5) is 31.9 Å². The highest BCUT2D eigenvalue weighted by molar-refractivity contribution is 6.30. The first kappa shape index (κ1) is 37.9. The van der Waals surface area contributed by atoms with E-state index in [1.807, 2.05) is 29.2 Å². The van der Waals surface area contributed by atoms with E-state index in [9.17, 15) is 14.4 Å². The number of hydrogen-bond acceptors (Lipinski definition) is 7. The van der Waals surface area contributed by atoms with Gasteiger partial charge in [0, 0.05) is 111 Å². The van der Waals surface area contributed by atoms with Gasteiger partial charge >= 0.3 is 6.03 Å². The number of carbonyl (C=O) groups excluding carboxylic acids is 3. The summed E-state index contributed by atoms with van der Waals surface area (Å²) in [5, 5.41) is 6.69. The van der Waals surface area contributed by atoms with Crippen molar-refractivity contribution in [2.24, 2.45) is 0 Å². The Hall–Kier alpha value is -4.97. The van der Waals surface area contributed by atoms with Crippen LogP contribution < -0.4 is 25.3 Å². The van der Waals surface area contributed by atoms with Crippen LogP contribution in [0.5, 0.6) is 0 Å². The van der Waals surface area contributed by atoms with Crippen molar-refractivity contribution in [1.29, 1.82) is 0 Å². The minimum Gasteiger partial charge on any atom is -0.378 e. The largest absolute Gasteiger partial charge is 0.378 e. The number of nitrogens with one attached hydrogen (secondary N) is 2. The van der Waals surface area contributed by atoms with Gasteiger partial charge in [-0.1, -0.05) is 35.9 Å². The Bertz CT molecular complexity index is 2080. The Morgan fingerprint density at radius 3 is 2.21 bits per heavy atom. The van der Waals surface area contributed by atoms with Crippen LogP contribution in [-0.4, -0.2) is 85.5 Å². The molecule has 0 aliphatic carbocycles. The maximum Gasteiger partial charge on any atom is 0.328 e. The van der Waals surface area contributed by atoms with Crippen LogP contribution in [0.2, 0.25) is 5.02 Å². The second kappa shape index (κ2) is 16.3. The molecule has 3 saturated heterocycles. The van der Waals surface area contributed by atoms with Gasteiger partial charge in [-0.3, -0.25) is 29.6 Å². The molecule has 10 nitrogen and oxygen atoms in total. The molecule has 4 aromatic carbocycles. The topological polar surface area (TPSA) is 91.5 Å². The number of rotatable bonds is 8. The zero-order valence-corrected chi connectivity index (χ0v) is 32.8. The highest BCUT2D eigenvalue weighted by atomic mass is 35.5. The second-order valence-electron chi connectivity index (χ2n) is 15.6. The molecule has 4 aliphatic heterocycles. The molecule has 12 heteroatoms. The number of carbonyl (C=O) groups is 3. The maximum absolute atomic E-state index is 15.1. The van der Waals surface area contributed by atoms with Gasteiger partial charge < -0.3 is 15.1 Å². The molecule has 0 saturated carbocycles. The number of nitrogens with zero attached hydrogens (tertiary/aromatic N) is 5. The lowest BCUT2D eigenvalue weighted by Gasteiger charge is -2.43. The first-order valence-corrected chi connectivity index (χ1v) is 20.1. The van der Waals surface area contributed by atoms with Gasteiger partial charge in [-0.2, -0.15) is 0 Å². The van der Waals surface area contributed by atoms with E-state index in [0.29, 0.717) is 28.9 Å². The third-order valence-electron chi connectivity index (χ3n) is 12.0. The van der Waals surface area contributed by atoms with Gasteiger partial charge in [0.25, 0.3) is 0 Å². The summed E-state index contributed by atoms with van der Waals surface area (Å²) in [5.41, 5.74) is 7.65. The quantitative estimate of drug-likeness (QED) is 0.190. The smallest absolute Gasteiger partial charge is 0.328 e. The van der Waals surface area contributed by atoms with Crippen molar-refractivity contribution < 1.29 is 18.8 Å². The van der Waals surface area contributed by atoms with Crippen LogP contribution in [0.3, 0.4) is 0 Å². The number of amides is 4. The van der Waals surface area contributed by atoms with E-state index >= 15 is 4.39 Å². The lowest BCUT2D eigenvalue weighted by Crippen LogP contribution is -2.53. The predicted octanol–water partition coefficient (Wildman–Crippen LogP) is 7.68. The number of hydrogen-bond donors (Lipinski definition) is 2. The molecule has 2 N–H and O–H groups in total. The van der Waals surface area contributed by atoms with Crippen LogP contribution in [0.15, 0.2) is 84.9 Å². The number of halogens is 2. The Morgan fingerprint density at radius 2 is 1.54 bits per heavy atom. The summed E-state index contributed by atoms with van der Waals surface area (Å²) in [4.78, 5) is 47.1.